The van der Waals surface area contributed by atoms with E-state index < -0.39 is 11.7 Å². The second-order valence-electron chi connectivity index (χ2n) is 5.73. The van der Waals surface area contributed by atoms with Crippen LogP contribution in [0.25, 0.3) is 27.9 Å². The van der Waals surface area contributed by atoms with E-state index in [9.17, 15) is 13.2 Å². The van der Waals surface area contributed by atoms with Crippen LogP contribution < -0.4 is 0 Å². The van der Waals surface area contributed by atoms with Crippen molar-refractivity contribution in [3.8, 4) is 17.0 Å². The summed E-state index contributed by atoms with van der Waals surface area (Å²) < 4.78 is 46.5. The Morgan fingerprint density at radius 2 is 1.70 bits per heavy atom. The molecule has 0 spiro atoms. The predicted molar refractivity (Wildman–Crippen MR) is 101 cm³/mol. The van der Waals surface area contributed by atoms with Crippen molar-refractivity contribution in [2.75, 3.05) is 0 Å². The standard InChI is InChI=1S/C18H8BrCl2F3N2O/c19-16-7-15(27-25-16)11-8-26(14-4-2-1-3-10(11)14)17-12(20)5-9(6-13(17)21)18(22,23)24/h1-8H. The maximum absolute atomic E-state index is 13.0. The Kier molecular flexibility index (Phi) is 4.49. The number of hydrogen-bond donors (Lipinski definition) is 0. The van der Waals surface area contributed by atoms with Crippen molar-refractivity contribution in [3.63, 3.8) is 0 Å². The summed E-state index contributed by atoms with van der Waals surface area (Å²) in [6, 6.07) is 10.8. The molecule has 0 saturated heterocycles. The number of rotatable bonds is 2. The highest BCUT2D eigenvalue weighted by Gasteiger charge is 2.32. The van der Waals surface area contributed by atoms with Gasteiger partial charge < -0.3 is 9.09 Å². The summed E-state index contributed by atoms with van der Waals surface area (Å²) in [5.74, 6) is 0.496. The Morgan fingerprint density at radius 1 is 1.04 bits per heavy atom. The first kappa shape index (κ1) is 18.4. The molecule has 2 aromatic carbocycles. The molecular weight excluding hydrogens is 468 g/mol. The van der Waals surface area contributed by atoms with Crippen LogP contribution in [-0.4, -0.2) is 9.72 Å². The molecule has 0 aliphatic rings. The van der Waals surface area contributed by atoms with Crippen LogP contribution in [0.15, 0.2) is 57.8 Å². The quantitative estimate of drug-likeness (QED) is 0.303. The predicted octanol–water partition coefficient (Wildman–Crippen LogP) is 7.37. The zero-order valence-electron chi connectivity index (χ0n) is 13.2. The van der Waals surface area contributed by atoms with Gasteiger partial charge in [0.25, 0.3) is 0 Å². The monoisotopic (exact) mass is 474 g/mol. The third kappa shape index (κ3) is 3.24. The molecule has 2 heterocycles. The van der Waals surface area contributed by atoms with Crippen molar-refractivity contribution in [2.24, 2.45) is 0 Å². The Balaban J connectivity index is 1.98. The van der Waals surface area contributed by atoms with Crippen LogP contribution in [0, 0.1) is 0 Å². The lowest BCUT2D eigenvalue weighted by Gasteiger charge is -2.14. The molecule has 2 aromatic heterocycles. The maximum atomic E-state index is 13.0. The Morgan fingerprint density at radius 3 is 2.30 bits per heavy atom. The molecule has 9 heteroatoms. The van der Waals surface area contributed by atoms with Gasteiger partial charge in [-0.3, -0.25) is 0 Å². The van der Waals surface area contributed by atoms with Crippen LogP contribution in [-0.2, 0) is 6.18 Å². The van der Waals surface area contributed by atoms with Gasteiger partial charge in [0.05, 0.1) is 26.8 Å². The lowest BCUT2D eigenvalue weighted by molar-refractivity contribution is -0.137. The van der Waals surface area contributed by atoms with Gasteiger partial charge in [0.1, 0.15) is 4.60 Å². The average molecular weight is 476 g/mol. The summed E-state index contributed by atoms with van der Waals surface area (Å²) in [6.07, 6.45) is -2.83. The normalized spacial score (nSPS) is 12.1. The largest absolute Gasteiger partial charge is 0.416 e. The van der Waals surface area contributed by atoms with Crippen LogP contribution in [0.4, 0.5) is 13.2 Å². The zero-order chi connectivity index (χ0) is 19.3. The molecule has 3 nitrogen and oxygen atoms in total. The van der Waals surface area contributed by atoms with E-state index in [0.29, 0.717) is 21.4 Å². The first-order valence-corrected chi connectivity index (χ1v) is 9.10. The molecule has 0 N–H and O–H groups in total. The summed E-state index contributed by atoms with van der Waals surface area (Å²) in [6.45, 7) is 0. The molecule has 0 unspecified atom stereocenters. The molecule has 4 rings (SSSR count). The molecule has 0 fully saturated rings. The number of halogens is 6. The molecule has 0 saturated carbocycles. The van der Waals surface area contributed by atoms with E-state index in [1.54, 1.807) is 16.8 Å². The number of alkyl halides is 3. The van der Waals surface area contributed by atoms with Gasteiger partial charge in [-0.25, -0.2) is 0 Å². The minimum Gasteiger partial charge on any atom is -0.355 e. The topological polar surface area (TPSA) is 31.0 Å². The van der Waals surface area contributed by atoms with Crippen LogP contribution in [0.1, 0.15) is 5.56 Å². The van der Waals surface area contributed by atoms with Gasteiger partial charge >= 0.3 is 6.18 Å². The number of fused-ring (bicyclic) bond motifs is 1. The number of benzene rings is 2. The van der Waals surface area contributed by atoms with Crippen LogP contribution in [0.3, 0.4) is 0 Å². The fourth-order valence-electron chi connectivity index (χ4n) is 2.90. The van der Waals surface area contributed by atoms with Crippen molar-refractivity contribution in [3.05, 3.63) is 68.9 Å². The molecule has 0 aliphatic heterocycles. The Labute approximate surface area is 169 Å². The van der Waals surface area contributed by atoms with Crippen molar-refractivity contribution in [2.45, 2.75) is 6.18 Å². The van der Waals surface area contributed by atoms with Crippen molar-refractivity contribution >= 4 is 50.0 Å². The maximum Gasteiger partial charge on any atom is 0.416 e. The van der Waals surface area contributed by atoms with E-state index in [1.807, 2.05) is 24.3 Å². The lowest BCUT2D eigenvalue weighted by atomic mass is 10.1. The molecule has 0 amide bonds. The van der Waals surface area contributed by atoms with Gasteiger partial charge in [0.15, 0.2) is 5.76 Å². The van der Waals surface area contributed by atoms with Gasteiger partial charge in [-0.2, -0.15) is 13.2 Å². The molecular formula is C18H8BrCl2F3N2O. The van der Waals surface area contributed by atoms with Gasteiger partial charge in [-0.15, -0.1) is 0 Å². The van der Waals surface area contributed by atoms with Gasteiger partial charge in [0.2, 0.25) is 0 Å². The highest BCUT2D eigenvalue weighted by atomic mass is 79.9. The summed E-state index contributed by atoms with van der Waals surface area (Å²) in [4.78, 5) is 0. The second-order valence-corrected chi connectivity index (χ2v) is 7.36. The van der Waals surface area contributed by atoms with Gasteiger partial charge in [-0.05, 0) is 34.1 Å². The van der Waals surface area contributed by atoms with Gasteiger partial charge in [-0.1, -0.05) is 46.6 Å². The van der Waals surface area contributed by atoms with Crippen molar-refractivity contribution in [1.82, 2.24) is 9.72 Å². The SMILES string of the molecule is FC(F)(F)c1cc(Cl)c(-n2cc(-c3cc(Br)no3)c3ccccc32)c(Cl)c1. The van der Waals surface area contributed by atoms with E-state index in [1.165, 1.54) is 0 Å². The van der Waals surface area contributed by atoms with Crippen molar-refractivity contribution in [1.29, 1.82) is 0 Å². The molecule has 0 aliphatic carbocycles. The van der Waals surface area contributed by atoms with Crippen LogP contribution >= 0.6 is 39.1 Å². The molecule has 4 aromatic rings. The van der Waals surface area contributed by atoms with E-state index in [-0.39, 0.29) is 15.7 Å². The minimum absolute atomic E-state index is 0.110. The molecule has 0 bridgehead atoms. The Bertz CT molecular complexity index is 1140. The number of hydrogen-bond acceptors (Lipinski definition) is 2. The zero-order valence-corrected chi connectivity index (χ0v) is 16.3. The highest BCUT2D eigenvalue weighted by Crippen LogP contribution is 2.41. The van der Waals surface area contributed by atoms with E-state index in [4.69, 9.17) is 27.7 Å². The third-order valence-electron chi connectivity index (χ3n) is 4.04. The summed E-state index contributed by atoms with van der Waals surface area (Å²) in [5.41, 5.74) is 0.767. The molecule has 0 atom stereocenters. The smallest absolute Gasteiger partial charge is 0.355 e. The fourth-order valence-corrected chi connectivity index (χ4v) is 3.85. The minimum atomic E-state index is -4.54. The van der Waals surface area contributed by atoms with Crippen LogP contribution in [0.5, 0.6) is 0 Å². The first-order chi connectivity index (χ1) is 12.8. The molecule has 27 heavy (non-hydrogen) atoms. The molecule has 138 valence electrons. The first-order valence-electron chi connectivity index (χ1n) is 7.55. The van der Waals surface area contributed by atoms with Gasteiger partial charge in [0, 0.05) is 23.2 Å². The fraction of sp³-hybridized carbons (Fsp3) is 0.0556. The second kappa shape index (κ2) is 6.58. The molecule has 0 radical (unpaired) electrons. The summed E-state index contributed by atoms with van der Waals surface area (Å²) in [5, 5.41) is 4.40. The Hall–Kier alpha value is -1.96. The third-order valence-corrected chi connectivity index (χ3v) is 4.99. The lowest BCUT2D eigenvalue weighted by Crippen LogP contribution is -2.06. The van der Waals surface area contributed by atoms with Crippen molar-refractivity contribution < 1.29 is 17.7 Å². The average Bonchev–Trinajstić information content (AvgIpc) is 3.18. The summed E-state index contributed by atoms with van der Waals surface area (Å²) in [7, 11) is 0. The van der Waals surface area contributed by atoms with E-state index >= 15 is 0 Å². The highest BCUT2D eigenvalue weighted by molar-refractivity contribution is 9.10. The van der Waals surface area contributed by atoms with E-state index in [2.05, 4.69) is 21.1 Å². The van der Waals surface area contributed by atoms with Crippen LogP contribution in [0.2, 0.25) is 10.0 Å². The number of aromatic nitrogens is 2. The summed E-state index contributed by atoms with van der Waals surface area (Å²) >= 11 is 15.6. The number of nitrogens with zero attached hydrogens (tertiary/aromatic N) is 2. The number of para-hydroxylation sites is 1. The van der Waals surface area contributed by atoms with E-state index in [0.717, 1.165) is 17.5 Å².